The Kier molecular flexibility index (Phi) is 2.52. The van der Waals surface area contributed by atoms with Crippen LogP contribution in [-0.2, 0) is 11.2 Å². The number of carbonyl (C=O) groups is 1. The zero-order valence-corrected chi connectivity index (χ0v) is 9.80. The van der Waals surface area contributed by atoms with Crippen molar-refractivity contribution in [2.75, 3.05) is 5.73 Å². The van der Waals surface area contributed by atoms with Crippen molar-refractivity contribution in [1.29, 1.82) is 0 Å². The van der Waals surface area contributed by atoms with Crippen molar-refractivity contribution >= 4 is 11.7 Å². The van der Waals surface area contributed by atoms with E-state index >= 15 is 0 Å². The Morgan fingerprint density at radius 2 is 1.78 bits per heavy atom. The third-order valence-corrected chi connectivity index (χ3v) is 3.26. The number of esters is 1. The molecule has 2 aromatic rings. The minimum Gasteiger partial charge on any atom is -0.426 e. The zero-order chi connectivity index (χ0) is 12.5. The molecule has 2 aromatic carbocycles. The number of rotatable bonds is 1. The van der Waals surface area contributed by atoms with E-state index in [0.717, 1.165) is 11.1 Å². The second-order valence-corrected chi connectivity index (χ2v) is 4.41. The van der Waals surface area contributed by atoms with Gasteiger partial charge in [-0.05, 0) is 29.7 Å². The highest BCUT2D eigenvalue weighted by Gasteiger charge is 2.30. The van der Waals surface area contributed by atoms with Crippen LogP contribution in [0, 0.1) is 0 Å². The maximum atomic E-state index is 12.0. The molecule has 2 N–H and O–H groups in total. The van der Waals surface area contributed by atoms with Crippen LogP contribution in [0.4, 0.5) is 5.69 Å². The van der Waals surface area contributed by atoms with Crippen LogP contribution in [0.1, 0.15) is 17.0 Å². The molecule has 1 heterocycles. The number of benzene rings is 2. The third-order valence-electron chi connectivity index (χ3n) is 3.26. The lowest BCUT2D eigenvalue weighted by Gasteiger charge is -2.24. The summed E-state index contributed by atoms with van der Waals surface area (Å²) < 4.78 is 5.36. The topological polar surface area (TPSA) is 52.3 Å². The molecular weight excluding hydrogens is 226 g/mol. The van der Waals surface area contributed by atoms with Gasteiger partial charge in [-0.1, -0.05) is 36.4 Å². The van der Waals surface area contributed by atoms with Crippen molar-refractivity contribution in [2.24, 2.45) is 0 Å². The molecular formula is C15H13NO2. The summed E-state index contributed by atoms with van der Waals surface area (Å²) in [6, 6.07) is 15.1. The van der Waals surface area contributed by atoms with Crippen LogP contribution < -0.4 is 10.5 Å². The first-order valence-corrected chi connectivity index (χ1v) is 5.89. The van der Waals surface area contributed by atoms with E-state index in [1.54, 1.807) is 0 Å². The Bertz CT molecular complexity index is 607. The number of ether oxygens (including phenoxy) is 1. The fourth-order valence-electron chi connectivity index (χ4n) is 2.32. The van der Waals surface area contributed by atoms with Crippen LogP contribution in [0.2, 0.25) is 0 Å². The van der Waals surface area contributed by atoms with Crippen molar-refractivity contribution in [3.05, 3.63) is 59.7 Å². The van der Waals surface area contributed by atoms with E-state index in [1.165, 1.54) is 0 Å². The Labute approximate surface area is 105 Å². The summed E-state index contributed by atoms with van der Waals surface area (Å²) >= 11 is 0. The minimum absolute atomic E-state index is 0.230. The van der Waals surface area contributed by atoms with Crippen LogP contribution in [-0.4, -0.2) is 5.97 Å². The highest BCUT2D eigenvalue weighted by molar-refractivity contribution is 5.84. The summed E-state index contributed by atoms with van der Waals surface area (Å²) in [6.45, 7) is 0. The molecule has 1 aliphatic rings. The second kappa shape index (κ2) is 4.18. The quantitative estimate of drug-likeness (QED) is 0.472. The molecule has 1 atom stereocenters. The van der Waals surface area contributed by atoms with Crippen LogP contribution >= 0.6 is 0 Å². The number of hydrogen-bond donors (Lipinski definition) is 1. The van der Waals surface area contributed by atoms with E-state index in [0.29, 0.717) is 17.9 Å². The molecule has 0 bridgehead atoms. The van der Waals surface area contributed by atoms with Crippen molar-refractivity contribution in [3.63, 3.8) is 0 Å². The van der Waals surface area contributed by atoms with Gasteiger partial charge in [0.25, 0.3) is 0 Å². The van der Waals surface area contributed by atoms with Crippen LogP contribution in [0.25, 0.3) is 0 Å². The van der Waals surface area contributed by atoms with Gasteiger partial charge in [0.2, 0.25) is 0 Å². The molecule has 0 amide bonds. The van der Waals surface area contributed by atoms with Gasteiger partial charge in [0.15, 0.2) is 0 Å². The largest absolute Gasteiger partial charge is 0.426 e. The number of hydrogen-bond acceptors (Lipinski definition) is 3. The lowest BCUT2D eigenvalue weighted by molar-refractivity contribution is -0.137. The first kappa shape index (κ1) is 10.8. The standard InChI is InChI=1S/C15H13NO2/c16-13-7-3-2-6-11(13)12-9-10-5-1-4-8-14(10)18-15(12)17/h1-8,12H,9,16H2. The molecule has 0 radical (unpaired) electrons. The predicted octanol–water partition coefficient (Wildman–Crippen LogP) is 2.51. The Morgan fingerprint density at radius 3 is 2.61 bits per heavy atom. The summed E-state index contributed by atoms with van der Waals surface area (Å²) in [5.74, 6) is 0.126. The zero-order valence-electron chi connectivity index (χ0n) is 9.80. The van der Waals surface area contributed by atoms with Gasteiger partial charge in [-0.3, -0.25) is 4.79 Å². The number of nitrogens with two attached hydrogens (primary N) is 1. The molecule has 1 unspecified atom stereocenters. The minimum atomic E-state index is -0.305. The molecule has 90 valence electrons. The number of anilines is 1. The molecule has 0 spiro atoms. The lowest BCUT2D eigenvalue weighted by atomic mass is 9.89. The highest BCUT2D eigenvalue weighted by atomic mass is 16.5. The predicted molar refractivity (Wildman–Crippen MR) is 69.4 cm³/mol. The molecule has 0 aromatic heterocycles. The Balaban J connectivity index is 2.01. The average Bonchev–Trinajstić information content (AvgIpc) is 2.39. The van der Waals surface area contributed by atoms with E-state index < -0.39 is 0 Å². The van der Waals surface area contributed by atoms with Crippen molar-refractivity contribution in [1.82, 2.24) is 0 Å². The fraction of sp³-hybridized carbons (Fsp3) is 0.133. The number of carbonyl (C=O) groups excluding carboxylic acids is 1. The van der Waals surface area contributed by atoms with Crippen molar-refractivity contribution in [3.8, 4) is 5.75 Å². The summed E-state index contributed by atoms with van der Waals surface area (Å²) in [6.07, 6.45) is 0.642. The maximum absolute atomic E-state index is 12.0. The van der Waals surface area contributed by atoms with Gasteiger partial charge in [0.05, 0.1) is 5.92 Å². The van der Waals surface area contributed by atoms with Gasteiger partial charge in [0.1, 0.15) is 5.75 Å². The van der Waals surface area contributed by atoms with Gasteiger partial charge < -0.3 is 10.5 Å². The van der Waals surface area contributed by atoms with Gasteiger partial charge in [0, 0.05) is 5.69 Å². The first-order chi connectivity index (χ1) is 8.75. The molecule has 1 aliphatic heterocycles. The van der Waals surface area contributed by atoms with Crippen molar-refractivity contribution < 1.29 is 9.53 Å². The van der Waals surface area contributed by atoms with Gasteiger partial charge in [-0.15, -0.1) is 0 Å². The molecule has 3 heteroatoms. The number of nitrogen functional groups attached to an aromatic ring is 1. The Hall–Kier alpha value is -2.29. The summed E-state index contributed by atoms with van der Waals surface area (Å²) in [7, 11) is 0. The number of fused-ring (bicyclic) bond motifs is 1. The SMILES string of the molecule is Nc1ccccc1C1Cc2ccccc2OC1=O. The molecule has 0 saturated heterocycles. The van der Waals surface area contributed by atoms with Crippen LogP contribution in [0.15, 0.2) is 48.5 Å². The van der Waals surface area contributed by atoms with Crippen molar-refractivity contribution in [2.45, 2.75) is 12.3 Å². The average molecular weight is 239 g/mol. The van der Waals surface area contributed by atoms with Gasteiger partial charge in [-0.25, -0.2) is 0 Å². The monoisotopic (exact) mass is 239 g/mol. The summed E-state index contributed by atoms with van der Waals surface area (Å²) in [4.78, 5) is 12.0. The smallest absolute Gasteiger partial charge is 0.319 e. The molecule has 0 saturated carbocycles. The summed E-state index contributed by atoms with van der Waals surface area (Å²) in [5, 5.41) is 0. The normalized spacial score (nSPS) is 18.0. The number of para-hydroxylation sites is 2. The van der Waals surface area contributed by atoms with E-state index in [-0.39, 0.29) is 11.9 Å². The van der Waals surface area contributed by atoms with E-state index in [9.17, 15) is 4.79 Å². The van der Waals surface area contributed by atoms with E-state index in [1.807, 2.05) is 48.5 Å². The fourth-order valence-corrected chi connectivity index (χ4v) is 2.32. The first-order valence-electron chi connectivity index (χ1n) is 5.89. The summed E-state index contributed by atoms with van der Waals surface area (Å²) in [5.41, 5.74) is 8.45. The molecule has 18 heavy (non-hydrogen) atoms. The van der Waals surface area contributed by atoms with Crippen LogP contribution in [0.5, 0.6) is 5.75 Å². The van der Waals surface area contributed by atoms with Gasteiger partial charge in [-0.2, -0.15) is 0 Å². The third kappa shape index (κ3) is 1.74. The molecule has 3 nitrogen and oxygen atoms in total. The highest BCUT2D eigenvalue weighted by Crippen LogP contribution is 2.34. The van der Waals surface area contributed by atoms with Crippen LogP contribution in [0.3, 0.4) is 0 Å². The van der Waals surface area contributed by atoms with E-state index in [4.69, 9.17) is 10.5 Å². The molecule has 3 rings (SSSR count). The van der Waals surface area contributed by atoms with Gasteiger partial charge >= 0.3 is 5.97 Å². The molecule has 0 fully saturated rings. The lowest BCUT2D eigenvalue weighted by Crippen LogP contribution is -2.26. The second-order valence-electron chi connectivity index (χ2n) is 4.41. The molecule has 0 aliphatic carbocycles. The van der Waals surface area contributed by atoms with E-state index in [2.05, 4.69) is 0 Å². The maximum Gasteiger partial charge on any atom is 0.319 e. The Morgan fingerprint density at radius 1 is 1.06 bits per heavy atom.